The van der Waals surface area contributed by atoms with Gasteiger partial charge in [0.2, 0.25) is 0 Å². The lowest BCUT2D eigenvalue weighted by atomic mass is 10.1. The van der Waals surface area contributed by atoms with Crippen molar-refractivity contribution in [3.05, 3.63) is 76.1 Å². The highest BCUT2D eigenvalue weighted by atomic mass is 16.1. The molecule has 0 bridgehead atoms. The molecule has 0 aliphatic heterocycles. The van der Waals surface area contributed by atoms with E-state index in [1.165, 1.54) is 5.56 Å². The topological polar surface area (TPSA) is 22.0 Å². The molecule has 19 heavy (non-hydrogen) atoms. The summed E-state index contributed by atoms with van der Waals surface area (Å²) >= 11 is 0. The molecule has 3 rings (SSSR count). The fourth-order valence-electron chi connectivity index (χ4n) is 2.33. The number of rotatable bonds is 1. The molecule has 0 radical (unpaired) electrons. The van der Waals surface area contributed by atoms with Gasteiger partial charge >= 0.3 is 0 Å². The van der Waals surface area contributed by atoms with Crippen molar-refractivity contribution in [2.45, 2.75) is 13.8 Å². The third kappa shape index (κ3) is 1.95. The molecule has 1 heterocycles. The van der Waals surface area contributed by atoms with Crippen molar-refractivity contribution >= 4 is 10.9 Å². The van der Waals surface area contributed by atoms with Gasteiger partial charge in [0.05, 0.1) is 5.52 Å². The summed E-state index contributed by atoms with van der Waals surface area (Å²) in [5, 5.41) is 0.767. The Labute approximate surface area is 111 Å². The number of benzene rings is 2. The van der Waals surface area contributed by atoms with Crippen LogP contribution in [0.4, 0.5) is 0 Å². The molecule has 0 aliphatic rings. The number of aryl methyl sites for hydroxylation is 2. The van der Waals surface area contributed by atoms with E-state index in [9.17, 15) is 4.79 Å². The fourth-order valence-corrected chi connectivity index (χ4v) is 2.33. The number of hydrogen-bond acceptors (Lipinski definition) is 1. The van der Waals surface area contributed by atoms with Gasteiger partial charge in [0.15, 0.2) is 5.43 Å². The monoisotopic (exact) mass is 249 g/mol. The van der Waals surface area contributed by atoms with E-state index >= 15 is 0 Å². The van der Waals surface area contributed by atoms with Gasteiger partial charge < -0.3 is 4.57 Å². The Kier molecular flexibility index (Phi) is 2.71. The molecule has 2 aromatic carbocycles. The molecule has 0 saturated heterocycles. The molecule has 3 aromatic rings. The lowest BCUT2D eigenvalue weighted by molar-refractivity contribution is 1.07. The van der Waals surface area contributed by atoms with E-state index in [0.717, 1.165) is 22.2 Å². The second kappa shape index (κ2) is 4.39. The maximum Gasteiger partial charge on any atom is 0.192 e. The van der Waals surface area contributed by atoms with Crippen molar-refractivity contribution in [1.29, 1.82) is 0 Å². The second-order valence-electron chi connectivity index (χ2n) is 4.86. The molecule has 0 fully saturated rings. The predicted octanol–water partition coefficient (Wildman–Crippen LogP) is 3.61. The Hall–Kier alpha value is -2.35. The predicted molar refractivity (Wildman–Crippen MR) is 79.0 cm³/mol. The lowest BCUT2D eigenvalue weighted by Crippen LogP contribution is -2.11. The quantitative estimate of drug-likeness (QED) is 0.645. The summed E-state index contributed by atoms with van der Waals surface area (Å²) in [6.07, 6.45) is 1.91. The van der Waals surface area contributed by atoms with E-state index in [2.05, 4.69) is 35.8 Å². The number of para-hydroxylation sites is 1. The van der Waals surface area contributed by atoms with Crippen molar-refractivity contribution in [3.8, 4) is 5.69 Å². The molecule has 94 valence electrons. The largest absolute Gasteiger partial charge is 0.316 e. The Balaban J connectivity index is 2.38. The Morgan fingerprint density at radius 3 is 2.32 bits per heavy atom. The Morgan fingerprint density at radius 2 is 1.58 bits per heavy atom. The van der Waals surface area contributed by atoms with Gasteiger partial charge in [-0.05, 0) is 38.1 Å². The van der Waals surface area contributed by atoms with E-state index in [-0.39, 0.29) is 5.43 Å². The van der Waals surface area contributed by atoms with Crippen LogP contribution < -0.4 is 5.43 Å². The summed E-state index contributed by atoms with van der Waals surface area (Å²) in [4.78, 5) is 12.2. The molecule has 2 heteroatoms. The zero-order chi connectivity index (χ0) is 13.4. The zero-order valence-corrected chi connectivity index (χ0v) is 11.1. The highest BCUT2D eigenvalue weighted by molar-refractivity contribution is 5.81. The minimum atomic E-state index is 0.110. The first-order chi connectivity index (χ1) is 9.16. The molecule has 2 nitrogen and oxygen atoms in total. The Morgan fingerprint density at radius 1 is 0.895 bits per heavy atom. The van der Waals surface area contributed by atoms with Crippen molar-refractivity contribution in [3.63, 3.8) is 0 Å². The van der Waals surface area contributed by atoms with Crippen LogP contribution in [0.1, 0.15) is 11.1 Å². The summed E-state index contributed by atoms with van der Waals surface area (Å²) in [6.45, 7) is 3.93. The van der Waals surface area contributed by atoms with Crippen LogP contribution >= 0.6 is 0 Å². The summed E-state index contributed by atoms with van der Waals surface area (Å²) in [6, 6.07) is 16.0. The Bertz CT molecular complexity index is 798. The van der Waals surface area contributed by atoms with Crippen LogP contribution in [0.5, 0.6) is 0 Å². The molecule has 0 N–H and O–H groups in total. The van der Waals surface area contributed by atoms with Gasteiger partial charge in [-0.1, -0.05) is 29.8 Å². The van der Waals surface area contributed by atoms with Crippen molar-refractivity contribution in [2.75, 3.05) is 0 Å². The molecular formula is C17H15NO. The average Bonchev–Trinajstić information content (AvgIpc) is 2.44. The number of aromatic nitrogens is 1. The van der Waals surface area contributed by atoms with E-state index in [0.29, 0.717) is 0 Å². The molecule has 0 unspecified atom stereocenters. The van der Waals surface area contributed by atoms with Gasteiger partial charge in [-0.3, -0.25) is 4.79 Å². The third-order valence-electron chi connectivity index (χ3n) is 3.40. The first-order valence-corrected chi connectivity index (χ1v) is 6.35. The molecular weight excluding hydrogens is 234 g/mol. The van der Waals surface area contributed by atoms with Crippen LogP contribution in [-0.4, -0.2) is 4.57 Å². The van der Waals surface area contributed by atoms with Crippen LogP contribution in [0, 0.1) is 13.8 Å². The summed E-state index contributed by atoms with van der Waals surface area (Å²) in [7, 11) is 0. The van der Waals surface area contributed by atoms with Crippen LogP contribution in [0.3, 0.4) is 0 Å². The maximum absolute atomic E-state index is 12.2. The third-order valence-corrected chi connectivity index (χ3v) is 3.40. The second-order valence-corrected chi connectivity index (χ2v) is 4.86. The molecule has 0 saturated carbocycles. The fraction of sp³-hybridized carbons (Fsp3) is 0.118. The van der Waals surface area contributed by atoms with E-state index < -0.39 is 0 Å². The minimum absolute atomic E-state index is 0.110. The minimum Gasteiger partial charge on any atom is -0.316 e. The normalized spacial score (nSPS) is 10.8. The van der Waals surface area contributed by atoms with E-state index in [4.69, 9.17) is 0 Å². The van der Waals surface area contributed by atoms with Crippen molar-refractivity contribution in [2.24, 2.45) is 0 Å². The van der Waals surface area contributed by atoms with Crippen molar-refractivity contribution < 1.29 is 0 Å². The standard InChI is InChI=1S/C17H15NO/c1-12-7-9-14(10-8-12)18-11-13(2)17(19)15-5-3-4-6-16(15)18/h3-11H,1-2H3. The molecule has 0 atom stereocenters. The summed E-state index contributed by atoms with van der Waals surface area (Å²) < 4.78 is 2.07. The molecule has 0 aliphatic carbocycles. The first-order valence-electron chi connectivity index (χ1n) is 6.35. The SMILES string of the molecule is Cc1ccc(-n2cc(C)c(=O)c3ccccc32)cc1. The van der Waals surface area contributed by atoms with Crippen LogP contribution in [0.15, 0.2) is 59.5 Å². The van der Waals surface area contributed by atoms with Gasteiger partial charge in [-0.15, -0.1) is 0 Å². The first kappa shape index (κ1) is 11.7. The summed E-state index contributed by atoms with van der Waals surface area (Å²) in [5.41, 5.74) is 4.12. The van der Waals surface area contributed by atoms with Crippen molar-refractivity contribution in [1.82, 2.24) is 4.57 Å². The zero-order valence-electron chi connectivity index (χ0n) is 11.1. The number of nitrogens with zero attached hydrogens (tertiary/aromatic N) is 1. The van der Waals surface area contributed by atoms with Gasteiger partial charge in [0.25, 0.3) is 0 Å². The van der Waals surface area contributed by atoms with Gasteiger partial charge in [-0.25, -0.2) is 0 Å². The lowest BCUT2D eigenvalue weighted by Gasteiger charge is -2.12. The van der Waals surface area contributed by atoms with E-state index in [1.807, 2.05) is 37.4 Å². The maximum atomic E-state index is 12.2. The molecule has 0 amide bonds. The van der Waals surface area contributed by atoms with Gasteiger partial charge in [0, 0.05) is 22.8 Å². The van der Waals surface area contributed by atoms with Crippen LogP contribution in [0.2, 0.25) is 0 Å². The average molecular weight is 249 g/mol. The summed E-state index contributed by atoms with van der Waals surface area (Å²) in [5.74, 6) is 0. The number of fused-ring (bicyclic) bond motifs is 1. The van der Waals surface area contributed by atoms with E-state index in [1.54, 1.807) is 0 Å². The molecule has 1 aromatic heterocycles. The highest BCUT2D eigenvalue weighted by Gasteiger charge is 2.06. The van der Waals surface area contributed by atoms with Crippen LogP contribution in [0.25, 0.3) is 16.6 Å². The molecule has 0 spiro atoms. The smallest absolute Gasteiger partial charge is 0.192 e. The van der Waals surface area contributed by atoms with Gasteiger partial charge in [0.1, 0.15) is 0 Å². The van der Waals surface area contributed by atoms with Crippen LogP contribution in [-0.2, 0) is 0 Å². The number of pyridine rings is 1. The highest BCUT2D eigenvalue weighted by Crippen LogP contribution is 2.17. The number of hydrogen-bond donors (Lipinski definition) is 0. The van der Waals surface area contributed by atoms with Gasteiger partial charge in [-0.2, -0.15) is 0 Å².